The molecule has 0 saturated heterocycles. The Morgan fingerprint density at radius 2 is 1.31 bits per heavy atom. The van der Waals surface area contributed by atoms with Gasteiger partial charge in [-0.15, -0.1) is 0 Å². The fourth-order valence-corrected chi connectivity index (χ4v) is 1.56. The lowest BCUT2D eigenvalue weighted by Crippen LogP contribution is -2.12. The molecule has 2 aromatic carbocycles. The molecule has 82 valence electrons. The van der Waals surface area contributed by atoms with E-state index < -0.39 is 0 Å². The molecule has 0 amide bonds. The van der Waals surface area contributed by atoms with Crippen molar-refractivity contribution < 1.29 is 5.11 Å². The summed E-state index contributed by atoms with van der Waals surface area (Å²) in [4.78, 5) is 0. The van der Waals surface area contributed by atoms with E-state index in [2.05, 4.69) is 17.4 Å². The van der Waals surface area contributed by atoms with E-state index in [-0.39, 0.29) is 0 Å². The van der Waals surface area contributed by atoms with Gasteiger partial charge in [0.25, 0.3) is 0 Å². The van der Waals surface area contributed by atoms with Crippen molar-refractivity contribution in [2.75, 3.05) is 0 Å². The highest BCUT2D eigenvalue weighted by Gasteiger charge is 1.94. The molecule has 0 unspecified atom stereocenters. The summed E-state index contributed by atoms with van der Waals surface area (Å²) in [6.07, 6.45) is 0. The molecule has 0 aromatic heterocycles. The molecule has 0 aliphatic carbocycles. The smallest absolute Gasteiger partial charge is 0.115 e. The van der Waals surface area contributed by atoms with Crippen LogP contribution in [0.1, 0.15) is 11.1 Å². The first kappa shape index (κ1) is 10.7. The molecule has 2 N–H and O–H groups in total. The number of phenols is 1. The van der Waals surface area contributed by atoms with Crippen LogP contribution >= 0.6 is 0 Å². The molecule has 16 heavy (non-hydrogen) atoms. The van der Waals surface area contributed by atoms with Crippen LogP contribution in [0.15, 0.2) is 54.6 Å². The van der Waals surface area contributed by atoms with Gasteiger partial charge in [-0.3, -0.25) is 0 Å². The molecular weight excluding hydrogens is 198 g/mol. The predicted molar refractivity (Wildman–Crippen MR) is 65.1 cm³/mol. The maximum atomic E-state index is 9.14. The lowest BCUT2D eigenvalue weighted by atomic mass is 10.2. The number of hydrogen-bond donors (Lipinski definition) is 2. The third-order valence-electron chi connectivity index (χ3n) is 2.44. The summed E-state index contributed by atoms with van der Waals surface area (Å²) < 4.78 is 0. The maximum Gasteiger partial charge on any atom is 0.115 e. The second-order valence-corrected chi connectivity index (χ2v) is 3.76. The normalized spacial score (nSPS) is 10.2. The number of benzene rings is 2. The van der Waals surface area contributed by atoms with E-state index in [4.69, 9.17) is 5.11 Å². The van der Waals surface area contributed by atoms with E-state index in [1.165, 1.54) is 11.1 Å². The van der Waals surface area contributed by atoms with Crippen LogP contribution in [0.4, 0.5) is 0 Å². The molecule has 0 saturated carbocycles. The Morgan fingerprint density at radius 1 is 0.750 bits per heavy atom. The fraction of sp³-hybridized carbons (Fsp3) is 0.143. The molecule has 0 radical (unpaired) electrons. The van der Waals surface area contributed by atoms with E-state index in [0.717, 1.165) is 13.1 Å². The molecular formula is C14H15NO. The number of aromatic hydroxyl groups is 1. The summed E-state index contributed by atoms with van der Waals surface area (Å²) in [7, 11) is 0. The summed E-state index contributed by atoms with van der Waals surface area (Å²) in [5.41, 5.74) is 2.45. The second-order valence-electron chi connectivity index (χ2n) is 3.76. The van der Waals surface area contributed by atoms with E-state index in [1.807, 2.05) is 30.3 Å². The second kappa shape index (κ2) is 5.33. The summed E-state index contributed by atoms with van der Waals surface area (Å²) in [5.74, 6) is 0.312. The zero-order valence-corrected chi connectivity index (χ0v) is 9.06. The van der Waals surface area contributed by atoms with Crippen molar-refractivity contribution in [1.29, 1.82) is 0 Å². The van der Waals surface area contributed by atoms with Crippen molar-refractivity contribution in [2.24, 2.45) is 0 Å². The van der Waals surface area contributed by atoms with Gasteiger partial charge in [-0.05, 0) is 23.3 Å². The molecule has 2 rings (SSSR count). The predicted octanol–water partition coefficient (Wildman–Crippen LogP) is 2.68. The van der Waals surface area contributed by atoms with Gasteiger partial charge < -0.3 is 10.4 Å². The van der Waals surface area contributed by atoms with Gasteiger partial charge in [0.05, 0.1) is 0 Å². The third kappa shape index (κ3) is 3.11. The van der Waals surface area contributed by atoms with Crippen LogP contribution in [0, 0.1) is 0 Å². The van der Waals surface area contributed by atoms with Crippen LogP contribution in [0.5, 0.6) is 5.75 Å². The highest BCUT2D eigenvalue weighted by molar-refractivity contribution is 5.25. The van der Waals surface area contributed by atoms with Crippen molar-refractivity contribution >= 4 is 0 Å². The van der Waals surface area contributed by atoms with Gasteiger partial charge in [-0.1, -0.05) is 42.5 Å². The Kier molecular flexibility index (Phi) is 3.57. The van der Waals surface area contributed by atoms with E-state index in [1.54, 1.807) is 12.1 Å². The van der Waals surface area contributed by atoms with Gasteiger partial charge >= 0.3 is 0 Å². The van der Waals surface area contributed by atoms with Crippen LogP contribution in [0.25, 0.3) is 0 Å². The number of phenolic OH excluding ortho intramolecular Hbond substituents is 1. The van der Waals surface area contributed by atoms with Crippen LogP contribution in [-0.4, -0.2) is 5.11 Å². The molecule has 2 aromatic rings. The summed E-state index contributed by atoms with van der Waals surface area (Å²) in [6, 6.07) is 17.6. The van der Waals surface area contributed by atoms with Crippen LogP contribution < -0.4 is 5.32 Å². The molecule has 0 aliphatic rings. The highest BCUT2D eigenvalue weighted by atomic mass is 16.3. The molecule has 0 atom stereocenters. The average molecular weight is 213 g/mol. The zero-order valence-electron chi connectivity index (χ0n) is 9.06. The summed E-state index contributed by atoms with van der Waals surface area (Å²) in [6.45, 7) is 1.68. The number of nitrogens with one attached hydrogen (secondary N) is 1. The quantitative estimate of drug-likeness (QED) is 0.818. The Bertz CT molecular complexity index is 422. The van der Waals surface area contributed by atoms with Gasteiger partial charge in [0, 0.05) is 13.1 Å². The Morgan fingerprint density at radius 3 is 1.94 bits per heavy atom. The van der Waals surface area contributed by atoms with Gasteiger partial charge in [0.15, 0.2) is 0 Å². The van der Waals surface area contributed by atoms with Crippen molar-refractivity contribution in [3.05, 3.63) is 65.7 Å². The van der Waals surface area contributed by atoms with Crippen molar-refractivity contribution in [1.82, 2.24) is 5.32 Å². The molecule has 0 fully saturated rings. The first-order valence-electron chi connectivity index (χ1n) is 5.37. The van der Waals surface area contributed by atoms with E-state index >= 15 is 0 Å². The van der Waals surface area contributed by atoms with Gasteiger partial charge in [-0.25, -0.2) is 0 Å². The minimum Gasteiger partial charge on any atom is -0.508 e. The molecule has 0 heterocycles. The zero-order chi connectivity index (χ0) is 11.2. The number of rotatable bonds is 4. The Labute approximate surface area is 95.6 Å². The molecule has 0 aliphatic heterocycles. The SMILES string of the molecule is Oc1ccc(CNCc2ccccc2)cc1. The summed E-state index contributed by atoms with van der Waals surface area (Å²) in [5, 5.41) is 12.5. The van der Waals surface area contributed by atoms with Crippen LogP contribution in [0.3, 0.4) is 0 Å². The molecule has 2 heteroatoms. The van der Waals surface area contributed by atoms with Gasteiger partial charge in [-0.2, -0.15) is 0 Å². The minimum atomic E-state index is 0.312. The van der Waals surface area contributed by atoms with Gasteiger partial charge in [0.1, 0.15) is 5.75 Å². The first-order valence-corrected chi connectivity index (χ1v) is 5.37. The monoisotopic (exact) mass is 213 g/mol. The average Bonchev–Trinajstić information content (AvgIpc) is 2.33. The summed E-state index contributed by atoms with van der Waals surface area (Å²) >= 11 is 0. The lowest BCUT2D eigenvalue weighted by molar-refractivity contribution is 0.475. The topological polar surface area (TPSA) is 32.3 Å². The molecule has 2 nitrogen and oxygen atoms in total. The van der Waals surface area contributed by atoms with E-state index in [0.29, 0.717) is 5.75 Å². The maximum absolute atomic E-state index is 9.14. The number of hydrogen-bond acceptors (Lipinski definition) is 2. The highest BCUT2D eigenvalue weighted by Crippen LogP contribution is 2.09. The molecule has 0 spiro atoms. The fourth-order valence-electron chi connectivity index (χ4n) is 1.56. The van der Waals surface area contributed by atoms with Crippen LogP contribution in [-0.2, 0) is 13.1 Å². The standard InChI is InChI=1S/C14H15NO/c16-14-8-6-13(7-9-14)11-15-10-12-4-2-1-3-5-12/h1-9,15-16H,10-11H2. The Balaban J connectivity index is 1.82. The van der Waals surface area contributed by atoms with E-state index in [9.17, 15) is 0 Å². The third-order valence-corrected chi connectivity index (χ3v) is 2.44. The molecule has 0 bridgehead atoms. The Hall–Kier alpha value is -1.80. The lowest BCUT2D eigenvalue weighted by Gasteiger charge is -2.05. The van der Waals surface area contributed by atoms with Crippen molar-refractivity contribution in [3.8, 4) is 5.75 Å². The van der Waals surface area contributed by atoms with Crippen LogP contribution in [0.2, 0.25) is 0 Å². The largest absolute Gasteiger partial charge is 0.508 e. The van der Waals surface area contributed by atoms with Crippen molar-refractivity contribution in [2.45, 2.75) is 13.1 Å². The van der Waals surface area contributed by atoms with Crippen molar-refractivity contribution in [3.63, 3.8) is 0 Å². The minimum absolute atomic E-state index is 0.312. The first-order chi connectivity index (χ1) is 7.84. The van der Waals surface area contributed by atoms with Gasteiger partial charge in [0.2, 0.25) is 0 Å².